The SMILES string of the molecule is Cc1ccc(C)c(N2CCN(c3nc(C)c(C)c(=O)[nH]3)CC2)c1. The molecule has 0 amide bonds. The number of hydrogen-bond donors (Lipinski definition) is 1. The third kappa shape index (κ3) is 3.09. The van der Waals surface area contributed by atoms with Gasteiger partial charge in [0, 0.05) is 43.1 Å². The van der Waals surface area contributed by atoms with Crippen LogP contribution in [0.1, 0.15) is 22.4 Å². The van der Waals surface area contributed by atoms with Gasteiger partial charge < -0.3 is 9.80 Å². The summed E-state index contributed by atoms with van der Waals surface area (Å²) in [5.74, 6) is 0.693. The number of aryl methyl sites for hydroxylation is 3. The van der Waals surface area contributed by atoms with Gasteiger partial charge in [0.25, 0.3) is 5.56 Å². The monoisotopic (exact) mass is 312 g/mol. The Bertz CT molecular complexity index is 773. The summed E-state index contributed by atoms with van der Waals surface area (Å²) in [6.07, 6.45) is 0. The third-order valence-corrected chi connectivity index (χ3v) is 4.67. The molecule has 2 heterocycles. The quantitative estimate of drug-likeness (QED) is 0.925. The minimum atomic E-state index is -0.0375. The molecular weight excluding hydrogens is 288 g/mol. The Kier molecular flexibility index (Phi) is 4.11. The minimum absolute atomic E-state index is 0.0375. The van der Waals surface area contributed by atoms with Crippen LogP contribution in [0.25, 0.3) is 0 Å². The van der Waals surface area contributed by atoms with E-state index in [2.05, 4.69) is 51.8 Å². The number of piperazine rings is 1. The molecule has 0 spiro atoms. The van der Waals surface area contributed by atoms with Crippen LogP contribution in [0.3, 0.4) is 0 Å². The summed E-state index contributed by atoms with van der Waals surface area (Å²) in [5, 5.41) is 0. The Hall–Kier alpha value is -2.30. The first-order valence-corrected chi connectivity index (χ1v) is 8.10. The van der Waals surface area contributed by atoms with Gasteiger partial charge in [-0.3, -0.25) is 9.78 Å². The summed E-state index contributed by atoms with van der Waals surface area (Å²) in [6, 6.07) is 6.58. The van der Waals surface area contributed by atoms with Crippen LogP contribution >= 0.6 is 0 Å². The van der Waals surface area contributed by atoms with Gasteiger partial charge >= 0.3 is 0 Å². The Morgan fingerprint density at radius 2 is 1.65 bits per heavy atom. The summed E-state index contributed by atoms with van der Waals surface area (Å²) < 4.78 is 0. The van der Waals surface area contributed by atoms with E-state index in [1.54, 1.807) is 0 Å². The number of H-pyrrole nitrogens is 1. The summed E-state index contributed by atoms with van der Waals surface area (Å²) in [4.78, 5) is 24.0. The Morgan fingerprint density at radius 3 is 2.30 bits per heavy atom. The highest BCUT2D eigenvalue weighted by Crippen LogP contribution is 2.23. The Balaban J connectivity index is 1.76. The van der Waals surface area contributed by atoms with E-state index >= 15 is 0 Å². The molecule has 0 saturated carbocycles. The molecule has 1 aromatic carbocycles. The molecule has 1 fully saturated rings. The molecule has 5 nitrogen and oxygen atoms in total. The van der Waals surface area contributed by atoms with E-state index < -0.39 is 0 Å². The van der Waals surface area contributed by atoms with Gasteiger partial charge in [-0.2, -0.15) is 0 Å². The molecule has 2 aromatic rings. The fraction of sp³-hybridized carbons (Fsp3) is 0.444. The maximum Gasteiger partial charge on any atom is 0.255 e. The largest absolute Gasteiger partial charge is 0.368 e. The van der Waals surface area contributed by atoms with Crippen molar-refractivity contribution in [3.63, 3.8) is 0 Å². The summed E-state index contributed by atoms with van der Waals surface area (Å²) in [6.45, 7) is 11.6. The van der Waals surface area contributed by atoms with Gasteiger partial charge in [-0.15, -0.1) is 0 Å². The lowest BCUT2D eigenvalue weighted by atomic mass is 10.1. The van der Waals surface area contributed by atoms with Crippen molar-refractivity contribution in [2.75, 3.05) is 36.0 Å². The molecule has 0 atom stereocenters. The average Bonchev–Trinajstić information content (AvgIpc) is 2.54. The van der Waals surface area contributed by atoms with E-state index in [0.717, 1.165) is 31.9 Å². The van der Waals surface area contributed by atoms with Crippen LogP contribution in [-0.4, -0.2) is 36.1 Å². The van der Waals surface area contributed by atoms with E-state index in [0.29, 0.717) is 11.5 Å². The number of nitrogens with zero attached hydrogens (tertiary/aromatic N) is 3. The average molecular weight is 312 g/mol. The maximum absolute atomic E-state index is 11.9. The molecule has 0 unspecified atom stereocenters. The molecule has 1 aromatic heterocycles. The maximum atomic E-state index is 11.9. The van der Waals surface area contributed by atoms with Crippen molar-refractivity contribution >= 4 is 11.6 Å². The van der Waals surface area contributed by atoms with Crippen molar-refractivity contribution in [3.05, 3.63) is 50.9 Å². The second-order valence-corrected chi connectivity index (χ2v) is 6.36. The van der Waals surface area contributed by atoms with Crippen molar-refractivity contribution in [2.45, 2.75) is 27.7 Å². The molecule has 1 saturated heterocycles. The van der Waals surface area contributed by atoms with Crippen molar-refractivity contribution in [1.29, 1.82) is 0 Å². The predicted octanol–water partition coefficient (Wildman–Crippen LogP) is 2.33. The molecule has 0 radical (unpaired) electrons. The van der Waals surface area contributed by atoms with Crippen molar-refractivity contribution in [3.8, 4) is 0 Å². The summed E-state index contributed by atoms with van der Waals surface area (Å²) in [7, 11) is 0. The van der Waals surface area contributed by atoms with Gasteiger partial charge in [0.15, 0.2) is 0 Å². The van der Waals surface area contributed by atoms with E-state index in [1.165, 1.54) is 16.8 Å². The highest BCUT2D eigenvalue weighted by atomic mass is 16.1. The van der Waals surface area contributed by atoms with Crippen LogP contribution in [0.5, 0.6) is 0 Å². The Morgan fingerprint density at radius 1 is 1.00 bits per heavy atom. The fourth-order valence-electron chi connectivity index (χ4n) is 3.00. The first-order chi connectivity index (χ1) is 11.0. The fourth-order valence-corrected chi connectivity index (χ4v) is 3.00. The predicted molar refractivity (Wildman–Crippen MR) is 94.7 cm³/mol. The molecular formula is C18H24N4O. The van der Waals surface area contributed by atoms with Crippen molar-refractivity contribution < 1.29 is 0 Å². The molecule has 0 bridgehead atoms. The minimum Gasteiger partial charge on any atom is -0.368 e. The van der Waals surface area contributed by atoms with E-state index in [-0.39, 0.29) is 5.56 Å². The second-order valence-electron chi connectivity index (χ2n) is 6.36. The first-order valence-electron chi connectivity index (χ1n) is 8.10. The zero-order chi connectivity index (χ0) is 16.6. The van der Waals surface area contributed by atoms with Crippen molar-refractivity contribution in [2.24, 2.45) is 0 Å². The number of nitrogens with one attached hydrogen (secondary N) is 1. The topological polar surface area (TPSA) is 52.2 Å². The zero-order valence-electron chi connectivity index (χ0n) is 14.3. The second kappa shape index (κ2) is 6.07. The van der Waals surface area contributed by atoms with Crippen LogP contribution in [0.4, 0.5) is 11.6 Å². The van der Waals surface area contributed by atoms with Gasteiger partial charge in [-0.25, -0.2) is 4.98 Å². The molecule has 122 valence electrons. The zero-order valence-corrected chi connectivity index (χ0v) is 14.3. The summed E-state index contributed by atoms with van der Waals surface area (Å²) >= 11 is 0. The van der Waals surface area contributed by atoms with Crippen LogP contribution < -0.4 is 15.4 Å². The van der Waals surface area contributed by atoms with Crippen LogP contribution in [0, 0.1) is 27.7 Å². The van der Waals surface area contributed by atoms with Gasteiger partial charge in [0.2, 0.25) is 5.95 Å². The van der Waals surface area contributed by atoms with E-state index in [4.69, 9.17) is 0 Å². The lowest BCUT2D eigenvalue weighted by Crippen LogP contribution is -2.47. The standard InChI is InChI=1S/C18H24N4O/c1-12-5-6-13(2)16(11-12)21-7-9-22(10-8-21)18-19-15(4)14(3)17(23)20-18/h5-6,11H,7-10H2,1-4H3,(H,19,20,23). The highest BCUT2D eigenvalue weighted by molar-refractivity contribution is 5.56. The highest BCUT2D eigenvalue weighted by Gasteiger charge is 2.20. The number of aromatic nitrogens is 2. The lowest BCUT2D eigenvalue weighted by Gasteiger charge is -2.37. The first kappa shape index (κ1) is 15.6. The van der Waals surface area contributed by atoms with Gasteiger partial charge in [0.05, 0.1) is 0 Å². The molecule has 1 N–H and O–H groups in total. The van der Waals surface area contributed by atoms with Gasteiger partial charge in [0.1, 0.15) is 0 Å². The van der Waals surface area contributed by atoms with E-state index in [1.807, 2.05) is 13.8 Å². The van der Waals surface area contributed by atoms with E-state index in [9.17, 15) is 4.79 Å². The molecule has 1 aliphatic rings. The molecule has 0 aliphatic carbocycles. The molecule has 23 heavy (non-hydrogen) atoms. The van der Waals surface area contributed by atoms with Gasteiger partial charge in [-0.1, -0.05) is 12.1 Å². The Labute approximate surface area is 137 Å². The van der Waals surface area contributed by atoms with Crippen LogP contribution in [-0.2, 0) is 0 Å². The molecule has 1 aliphatic heterocycles. The third-order valence-electron chi connectivity index (χ3n) is 4.67. The number of aromatic amines is 1. The van der Waals surface area contributed by atoms with Crippen molar-refractivity contribution in [1.82, 2.24) is 9.97 Å². The van der Waals surface area contributed by atoms with Crippen LogP contribution in [0.2, 0.25) is 0 Å². The number of anilines is 2. The van der Waals surface area contributed by atoms with Crippen LogP contribution in [0.15, 0.2) is 23.0 Å². The lowest BCUT2D eigenvalue weighted by molar-refractivity contribution is 0.636. The van der Waals surface area contributed by atoms with Gasteiger partial charge in [-0.05, 0) is 44.9 Å². The summed E-state index contributed by atoms with van der Waals surface area (Å²) in [5.41, 5.74) is 5.37. The number of hydrogen-bond acceptors (Lipinski definition) is 4. The number of benzene rings is 1. The molecule has 3 rings (SSSR count). The molecule has 5 heteroatoms. The number of rotatable bonds is 2. The normalized spacial score (nSPS) is 15.1. The smallest absolute Gasteiger partial charge is 0.255 e.